The van der Waals surface area contributed by atoms with Crippen molar-refractivity contribution in [1.29, 1.82) is 0 Å². The van der Waals surface area contributed by atoms with Gasteiger partial charge in [0.1, 0.15) is 6.61 Å². The van der Waals surface area contributed by atoms with Crippen molar-refractivity contribution in [3.8, 4) is 11.5 Å². The summed E-state index contributed by atoms with van der Waals surface area (Å²) in [4.78, 5) is 2.15. The third-order valence-electron chi connectivity index (χ3n) is 5.40. The van der Waals surface area contributed by atoms with Crippen LogP contribution in [0.3, 0.4) is 0 Å². The predicted molar refractivity (Wildman–Crippen MR) is 104 cm³/mol. The normalized spacial score (nSPS) is 24.5. The van der Waals surface area contributed by atoms with Gasteiger partial charge in [-0.1, -0.05) is 0 Å². The molecule has 3 atom stereocenters. The second kappa shape index (κ2) is 9.09. The minimum absolute atomic E-state index is 0.0904. The predicted octanol–water partition coefficient (Wildman–Crippen LogP) is 3.60. The van der Waals surface area contributed by atoms with Crippen LogP contribution >= 0.6 is 0 Å². The lowest BCUT2D eigenvalue weighted by molar-refractivity contribution is -0.325. The number of benzene rings is 1. The van der Waals surface area contributed by atoms with Gasteiger partial charge in [-0.15, -0.1) is 13.2 Å². The number of piperidine rings is 1. The van der Waals surface area contributed by atoms with Crippen LogP contribution in [0.1, 0.15) is 44.4 Å². The molecule has 0 radical (unpaired) electrons. The SMILES string of the molecule is COc1cc2c(c(F)c1OCCOC(F)(F)F)CCN1C[C@@H](OC(C)(C)C)[C@H](O)C[C@H]21. The molecule has 2 heterocycles. The van der Waals surface area contributed by atoms with Crippen molar-refractivity contribution in [2.45, 2.75) is 63.8 Å². The van der Waals surface area contributed by atoms with Crippen LogP contribution in [0.25, 0.3) is 0 Å². The van der Waals surface area contributed by atoms with Crippen LogP contribution in [0, 0.1) is 5.82 Å². The Kier molecular flexibility index (Phi) is 7.05. The highest BCUT2D eigenvalue weighted by Crippen LogP contribution is 2.44. The Hall–Kier alpha value is -1.62. The van der Waals surface area contributed by atoms with E-state index in [1.165, 1.54) is 7.11 Å². The lowest BCUT2D eigenvalue weighted by Crippen LogP contribution is -2.53. The monoisotopic (exact) mass is 451 g/mol. The molecule has 2 aliphatic rings. The first-order chi connectivity index (χ1) is 14.4. The second-order valence-electron chi connectivity index (χ2n) is 8.76. The number of aliphatic hydroxyl groups excluding tert-OH is 1. The molecule has 1 N–H and O–H groups in total. The smallest absolute Gasteiger partial charge is 0.493 e. The second-order valence-corrected chi connectivity index (χ2v) is 8.76. The van der Waals surface area contributed by atoms with Crippen molar-refractivity contribution in [2.24, 2.45) is 0 Å². The number of alkyl halides is 3. The molecular formula is C21H29F4NO5. The highest BCUT2D eigenvalue weighted by atomic mass is 19.4. The van der Waals surface area contributed by atoms with Gasteiger partial charge in [0.25, 0.3) is 0 Å². The summed E-state index contributed by atoms with van der Waals surface area (Å²) in [5.41, 5.74) is 0.716. The quantitative estimate of drug-likeness (QED) is 0.527. The van der Waals surface area contributed by atoms with Gasteiger partial charge < -0.3 is 19.3 Å². The van der Waals surface area contributed by atoms with Crippen molar-refractivity contribution in [2.75, 3.05) is 33.4 Å². The molecule has 1 fully saturated rings. The van der Waals surface area contributed by atoms with Crippen LogP contribution in [0.2, 0.25) is 0 Å². The molecule has 31 heavy (non-hydrogen) atoms. The van der Waals surface area contributed by atoms with Gasteiger partial charge in [0, 0.05) is 19.1 Å². The van der Waals surface area contributed by atoms with E-state index < -0.39 is 37.1 Å². The zero-order valence-corrected chi connectivity index (χ0v) is 18.1. The van der Waals surface area contributed by atoms with Gasteiger partial charge in [-0.05, 0) is 50.8 Å². The first-order valence-corrected chi connectivity index (χ1v) is 10.2. The molecule has 0 spiro atoms. The Morgan fingerprint density at radius 1 is 1.19 bits per heavy atom. The Morgan fingerprint density at radius 2 is 1.90 bits per heavy atom. The molecular weight excluding hydrogens is 422 g/mol. The minimum atomic E-state index is -4.78. The number of fused-ring (bicyclic) bond motifs is 3. The molecule has 6 nitrogen and oxygen atoms in total. The third-order valence-corrected chi connectivity index (χ3v) is 5.40. The van der Waals surface area contributed by atoms with E-state index in [9.17, 15) is 18.3 Å². The van der Waals surface area contributed by atoms with Gasteiger partial charge in [0.05, 0.1) is 31.5 Å². The summed E-state index contributed by atoms with van der Waals surface area (Å²) in [5.74, 6) is -0.790. The first kappa shape index (κ1) is 24.0. The molecule has 1 aromatic rings. The van der Waals surface area contributed by atoms with Crippen molar-refractivity contribution < 1.29 is 41.6 Å². The van der Waals surface area contributed by atoms with Gasteiger partial charge in [0.2, 0.25) is 0 Å². The topological polar surface area (TPSA) is 60.4 Å². The van der Waals surface area contributed by atoms with Crippen LogP contribution in [-0.2, 0) is 15.9 Å². The standard InChI is InChI=1S/C21H29F4NO5/c1-20(2,3)31-17-11-26-6-5-12-13(14(26)10-15(17)27)9-16(28-4)19(18(12)22)29-7-8-30-21(23,24)25/h9,14-15,17,27H,5-8,10-11H2,1-4H3/t14-,15-,17-/m1/s1. The average molecular weight is 451 g/mol. The number of ether oxygens (including phenoxy) is 4. The van der Waals surface area contributed by atoms with E-state index in [2.05, 4.69) is 9.64 Å². The summed E-state index contributed by atoms with van der Waals surface area (Å²) in [7, 11) is 1.34. The number of hydrogen-bond acceptors (Lipinski definition) is 6. The van der Waals surface area contributed by atoms with Crippen molar-refractivity contribution in [3.05, 3.63) is 23.0 Å². The van der Waals surface area contributed by atoms with E-state index in [0.29, 0.717) is 37.1 Å². The Morgan fingerprint density at radius 3 is 2.52 bits per heavy atom. The van der Waals surface area contributed by atoms with E-state index in [0.717, 1.165) is 0 Å². The Labute approximate surface area is 179 Å². The van der Waals surface area contributed by atoms with E-state index in [-0.39, 0.29) is 23.6 Å². The minimum Gasteiger partial charge on any atom is -0.493 e. The summed E-state index contributed by atoms with van der Waals surface area (Å²) < 4.78 is 71.8. The molecule has 1 aromatic carbocycles. The van der Waals surface area contributed by atoms with Crippen LogP contribution in [-0.4, -0.2) is 67.6 Å². The van der Waals surface area contributed by atoms with Crippen molar-refractivity contribution in [3.63, 3.8) is 0 Å². The number of methoxy groups -OCH3 is 1. The molecule has 10 heteroatoms. The summed E-state index contributed by atoms with van der Waals surface area (Å²) in [6.45, 7) is 5.62. The van der Waals surface area contributed by atoms with Crippen LogP contribution in [0.5, 0.6) is 11.5 Å². The van der Waals surface area contributed by atoms with Gasteiger partial charge in [-0.25, -0.2) is 4.39 Å². The molecule has 1 saturated heterocycles. The largest absolute Gasteiger partial charge is 0.522 e. The zero-order valence-electron chi connectivity index (χ0n) is 18.1. The summed E-state index contributed by atoms with van der Waals surface area (Å²) in [5, 5.41) is 10.6. The van der Waals surface area contributed by atoms with Gasteiger partial charge in [-0.3, -0.25) is 9.64 Å². The van der Waals surface area contributed by atoms with E-state index >= 15 is 4.39 Å². The van der Waals surface area contributed by atoms with Crippen LogP contribution in [0.4, 0.5) is 17.6 Å². The highest BCUT2D eigenvalue weighted by Gasteiger charge is 2.41. The maximum absolute atomic E-state index is 15.2. The van der Waals surface area contributed by atoms with Crippen LogP contribution in [0.15, 0.2) is 6.07 Å². The van der Waals surface area contributed by atoms with Crippen molar-refractivity contribution in [1.82, 2.24) is 4.90 Å². The highest BCUT2D eigenvalue weighted by molar-refractivity contribution is 5.51. The summed E-state index contributed by atoms with van der Waals surface area (Å²) in [6, 6.07) is 1.43. The van der Waals surface area contributed by atoms with Crippen LogP contribution < -0.4 is 9.47 Å². The lowest BCUT2D eigenvalue weighted by Gasteiger charge is -2.46. The average Bonchev–Trinajstić information content (AvgIpc) is 2.65. The number of rotatable bonds is 6. The molecule has 0 amide bonds. The Bertz CT molecular complexity index is 781. The first-order valence-electron chi connectivity index (χ1n) is 10.2. The van der Waals surface area contributed by atoms with E-state index in [1.807, 2.05) is 20.8 Å². The molecule has 3 rings (SSSR count). The molecule has 0 aromatic heterocycles. The van der Waals surface area contributed by atoms with Crippen molar-refractivity contribution >= 4 is 0 Å². The molecule has 0 unspecified atom stereocenters. The zero-order chi connectivity index (χ0) is 23.0. The summed E-state index contributed by atoms with van der Waals surface area (Å²) in [6.07, 6.45) is -5.07. The lowest BCUT2D eigenvalue weighted by atomic mass is 9.84. The molecule has 2 aliphatic heterocycles. The number of aliphatic hydroxyl groups is 1. The number of hydrogen-bond donors (Lipinski definition) is 1. The van der Waals surface area contributed by atoms with E-state index in [4.69, 9.17) is 14.2 Å². The Balaban J connectivity index is 1.79. The number of nitrogens with zero attached hydrogens (tertiary/aromatic N) is 1. The fraction of sp³-hybridized carbons (Fsp3) is 0.714. The van der Waals surface area contributed by atoms with Gasteiger partial charge >= 0.3 is 6.36 Å². The third kappa shape index (κ3) is 5.79. The number of halogens is 4. The van der Waals surface area contributed by atoms with E-state index in [1.54, 1.807) is 6.07 Å². The molecule has 0 saturated carbocycles. The molecule has 176 valence electrons. The molecule has 0 bridgehead atoms. The van der Waals surface area contributed by atoms with Gasteiger partial charge in [-0.2, -0.15) is 0 Å². The fourth-order valence-electron chi connectivity index (χ4n) is 4.21. The maximum Gasteiger partial charge on any atom is 0.522 e. The fourth-order valence-corrected chi connectivity index (χ4v) is 4.21. The molecule has 0 aliphatic carbocycles. The van der Waals surface area contributed by atoms with Gasteiger partial charge in [0.15, 0.2) is 17.3 Å². The summed E-state index contributed by atoms with van der Waals surface area (Å²) >= 11 is 0. The maximum atomic E-state index is 15.2.